The van der Waals surface area contributed by atoms with Gasteiger partial charge in [0.15, 0.2) is 5.13 Å². The lowest BCUT2D eigenvalue weighted by molar-refractivity contribution is -0.118. The van der Waals surface area contributed by atoms with Crippen LogP contribution in [0.5, 0.6) is 0 Å². The number of aryl methyl sites for hydroxylation is 1. The molecule has 0 saturated heterocycles. The minimum Gasteiger partial charge on any atom is -0.375 e. The largest absolute Gasteiger partial charge is 0.375 e. The van der Waals surface area contributed by atoms with Crippen LogP contribution >= 0.6 is 11.3 Å². The van der Waals surface area contributed by atoms with Gasteiger partial charge in [-0.2, -0.15) is 0 Å². The van der Waals surface area contributed by atoms with Crippen LogP contribution in [-0.2, 0) is 17.6 Å². The number of thiazole rings is 1. The Labute approximate surface area is 68.2 Å². The van der Waals surface area contributed by atoms with E-state index in [0.717, 1.165) is 12.1 Å². The van der Waals surface area contributed by atoms with Crippen molar-refractivity contribution in [3.63, 3.8) is 0 Å². The van der Waals surface area contributed by atoms with Crippen LogP contribution < -0.4 is 5.73 Å². The van der Waals surface area contributed by atoms with Gasteiger partial charge in [0, 0.05) is 17.7 Å². The number of hydrogen-bond donors (Lipinski definition) is 1. The van der Waals surface area contributed by atoms with Gasteiger partial charge >= 0.3 is 0 Å². The van der Waals surface area contributed by atoms with Gasteiger partial charge in [0.25, 0.3) is 0 Å². The van der Waals surface area contributed by atoms with Gasteiger partial charge in [-0.25, -0.2) is 4.98 Å². The maximum Gasteiger partial charge on any atom is 0.180 e. The van der Waals surface area contributed by atoms with Crippen molar-refractivity contribution in [2.45, 2.75) is 19.3 Å². The van der Waals surface area contributed by atoms with Crippen molar-refractivity contribution in [2.75, 3.05) is 5.73 Å². The third-order valence-corrected chi connectivity index (χ3v) is 2.78. The number of hydrogen-bond acceptors (Lipinski definition) is 4. The molecule has 1 heterocycles. The smallest absolute Gasteiger partial charge is 0.180 e. The maximum atomic E-state index is 11.0. The molecule has 0 atom stereocenters. The molecule has 11 heavy (non-hydrogen) atoms. The Bertz CT molecular complexity index is 305. The van der Waals surface area contributed by atoms with Gasteiger partial charge in [-0.05, 0) is 6.42 Å². The molecule has 1 aromatic heterocycles. The third kappa shape index (κ3) is 1.14. The summed E-state index contributed by atoms with van der Waals surface area (Å²) < 4.78 is 0. The third-order valence-electron chi connectivity index (χ3n) is 1.79. The average Bonchev–Trinajstić information content (AvgIpc) is 2.27. The summed E-state index contributed by atoms with van der Waals surface area (Å²) in [6.45, 7) is 0. The van der Waals surface area contributed by atoms with Gasteiger partial charge in [-0.3, -0.25) is 4.79 Å². The summed E-state index contributed by atoms with van der Waals surface area (Å²) in [5.41, 5.74) is 6.41. The molecule has 1 aromatic rings. The number of aromatic nitrogens is 1. The van der Waals surface area contributed by atoms with Gasteiger partial charge < -0.3 is 5.73 Å². The molecule has 2 N–H and O–H groups in total. The van der Waals surface area contributed by atoms with E-state index in [1.54, 1.807) is 0 Å². The monoisotopic (exact) mass is 168 g/mol. The van der Waals surface area contributed by atoms with Crippen LogP contribution in [-0.4, -0.2) is 10.8 Å². The number of carbonyl (C=O) groups excluding carboxylic acids is 1. The highest BCUT2D eigenvalue weighted by atomic mass is 32.1. The topological polar surface area (TPSA) is 56.0 Å². The molecule has 0 bridgehead atoms. The molecular formula is C7H8N2OS. The summed E-state index contributed by atoms with van der Waals surface area (Å²) in [5, 5.41) is 0.588. The molecule has 3 nitrogen and oxygen atoms in total. The average molecular weight is 168 g/mol. The second-order valence-corrected chi connectivity index (χ2v) is 3.75. The van der Waals surface area contributed by atoms with Crippen LogP contribution in [0, 0.1) is 0 Å². The molecule has 0 fully saturated rings. The number of carbonyl (C=O) groups is 1. The van der Waals surface area contributed by atoms with Crippen molar-refractivity contribution in [1.29, 1.82) is 0 Å². The first-order valence-corrected chi connectivity index (χ1v) is 4.33. The minimum absolute atomic E-state index is 0.280. The highest BCUT2D eigenvalue weighted by molar-refractivity contribution is 7.15. The number of nitrogen functional groups attached to an aromatic ring is 1. The fourth-order valence-electron chi connectivity index (χ4n) is 1.26. The van der Waals surface area contributed by atoms with Crippen molar-refractivity contribution in [3.8, 4) is 0 Å². The summed E-state index contributed by atoms with van der Waals surface area (Å²) in [5.74, 6) is 0.280. The van der Waals surface area contributed by atoms with Crippen LogP contribution in [0.3, 0.4) is 0 Å². The SMILES string of the molecule is Nc1nc2c(s1)CCC(=O)C2. The van der Waals surface area contributed by atoms with E-state index in [0.29, 0.717) is 18.0 Å². The first-order valence-electron chi connectivity index (χ1n) is 3.51. The summed E-state index contributed by atoms with van der Waals surface area (Å²) >= 11 is 1.51. The predicted octanol–water partition coefficient (Wildman–Crippen LogP) is 0.783. The summed E-state index contributed by atoms with van der Waals surface area (Å²) in [6, 6.07) is 0. The molecule has 0 saturated carbocycles. The van der Waals surface area contributed by atoms with Crippen LogP contribution in [0.15, 0.2) is 0 Å². The molecule has 1 aliphatic rings. The van der Waals surface area contributed by atoms with Crippen LogP contribution in [0.2, 0.25) is 0 Å². The lowest BCUT2D eigenvalue weighted by Gasteiger charge is -2.06. The number of fused-ring (bicyclic) bond motifs is 1. The second kappa shape index (κ2) is 2.30. The fourth-order valence-corrected chi connectivity index (χ4v) is 2.11. The number of nitrogens with zero attached hydrogens (tertiary/aromatic N) is 1. The Balaban J connectivity index is 2.41. The number of rotatable bonds is 0. The maximum absolute atomic E-state index is 11.0. The highest BCUT2D eigenvalue weighted by Gasteiger charge is 2.18. The molecule has 0 radical (unpaired) electrons. The zero-order valence-corrected chi connectivity index (χ0v) is 6.78. The zero-order chi connectivity index (χ0) is 7.84. The highest BCUT2D eigenvalue weighted by Crippen LogP contribution is 2.26. The van der Waals surface area contributed by atoms with E-state index in [1.165, 1.54) is 16.2 Å². The van der Waals surface area contributed by atoms with Gasteiger partial charge in [0.1, 0.15) is 5.78 Å². The van der Waals surface area contributed by atoms with Crippen molar-refractivity contribution in [1.82, 2.24) is 4.98 Å². The Morgan fingerprint density at radius 2 is 2.27 bits per heavy atom. The molecule has 0 amide bonds. The number of ketones is 1. The van der Waals surface area contributed by atoms with Crippen molar-refractivity contribution < 1.29 is 4.79 Å². The molecule has 0 aliphatic heterocycles. The van der Waals surface area contributed by atoms with E-state index in [1.807, 2.05) is 0 Å². The molecular weight excluding hydrogens is 160 g/mol. The molecule has 0 spiro atoms. The standard InChI is InChI=1S/C7H8N2OS/c8-7-9-5-3-4(10)1-2-6(5)11-7/h1-3H2,(H2,8,9). The first-order chi connectivity index (χ1) is 5.25. The van der Waals surface area contributed by atoms with Crippen molar-refractivity contribution in [2.24, 2.45) is 0 Å². The molecule has 1 aliphatic carbocycles. The van der Waals surface area contributed by atoms with Crippen LogP contribution in [0.1, 0.15) is 17.0 Å². The van der Waals surface area contributed by atoms with Gasteiger partial charge in [0.2, 0.25) is 0 Å². The Hall–Kier alpha value is -0.900. The Morgan fingerprint density at radius 3 is 3.09 bits per heavy atom. The predicted molar refractivity (Wildman–Crippen MR) is 43.6 cm³/mol. The first kappa shape index (κ1) is 6.79. The minimum atomic E-state index is 0.280. The van der Waals surface area contributed by atoms with Crippen LogP contribution in [0.4, 0.5) is 5.13 Å². The number of Topliss-reactive ketones (excluding diaryl/α,β-unsaturated/α-hetero) is 1. The summed E-state index contributed by atoms with van der Waals surface area (Å²) in [6.07, 6.45) is 1.99. The molecule has 0 unspecified atom stereocenters. The molecule has 2 rings (SSSR count). The van der Waals surface area contributed by atoms with Gasteiger partial charge in [0.05, 0.1) is 5.69 Å². The number of anilines is 1. The Kier molecular flexibility index (Phi) is 1.42. The van der Waals surface area contributed by atoms with Crippen molar-refractivity contribution >= 4 is 22.3 Å². The normalized spacial score (nSPS) is 16.5. The molecule has 58 valence electrons. The number of nitrogens with two attached hydrogens (primary N) is 1. The van der Waals surface area contributed by atoms with E-state index >= 15 is 0 Å². The quantitative estimate of drug-likeness (QED) is 0.623. The Morgan fingerprint density at radius 1 is 1.45 bits per heavy atom. The van der Waals surface area contributed by atoms with E-state index in [4.69, 9.17) is 5.73 Å². The summed E-state index contributed by atoms with van der Waals surface area (Å²) in [7, 11) is 0. The summed E-state index contributed by atoms with van der Waals surface area (Å²) in [4.78, 5) is 16.2. The molecule has 0 aromatic carbocycles. The van der Waals surface area contributed by atoms with E-state index in [2.05, 4.69) is 4.98 Å². The van der Waals surface area contributed by atoms with E-state index < -0.39 is 0 Å². The van der Waals surface area contributed by atoms with E-state index in [9.17, 15) is 4.79 Å². The lowest BCUT2D eigenvalue weighted by atomic mass is 10.0. The fraction of sp³-hybridized carbons (Fsp3) is 0.429. The lowest BCUT2D eigenvalue weighted by Crippen LogP contribution is -2.11. The van der Waals surface area contributed by atoms with E-state index in [-0.39, 0.29) is 5.78 Å². The zero-order valence-electron chi connectivity index (χ0n) is 5.96. The second-order valence-electron chi connectivity index (χ2n) is 2.64. The molecule has 4 heteroatoms. The van der Waals surface area contributed by atoms with Gasteiger partial charge in [-0.15, -0.1) is 11.3 Å². The van der Waals surface area contributed by atoms with Gasteiger partial charge in [-0.1, -0.05) is 0 Å². The van der Waals surface area contributed by atoms with Crippen LogP contribution in [0.25, 0.3) is 0 Å². The van der Waals surface area contributed by atoms with Crippen molar-refractivity contribution in [3.05, 3.63) is 10.6 Å².